The standard InChI is InChI=1S/C15H14ClFO2/c1-19-12-4-2-3-10(7-12)8-15(18)13-9-11(17)5-6-14(13)16/h2-7,9,15,18H,8H2,1H3. The third kappa shape index (κ3) is 3.46. The van der Waals surface area contributed by atoms with Gasteiger partial charge in [0, 0.05) is 17.0 Å². The van der Waals surface area contributed by atoms with Gasteiger partial charge in [-0.2, -0.15) is 0 Å². The van der Waals surface area contributed by atoms with E-state index in [0.29, 0.717) is 17.0 Å². The number of aliphatic hydroxyl groups excluding tert-OH is 1. The molecule has 2 rings (SSSR count). The number of hydrogen-bond acceptors (Lipinski definition) is 2. The molecule has 0 saturated carbocycles. The van der Waals surface area contributed by atoms with Crippen LogP contribution in [0.15, 0.2) is 42.5 Å². The van der Waals surface area contributed by atoms with E-state index in [2.05, 4.69) is 0 Å². The predicted molar refractivity (Wildman–Crippen MR) is 73.1 cm³/mol. The molecular formula is C15H14ClFO2. The van der Waals surface area contributed by atoms with Crippen molar-refractivity contribution in [3.63, 3.8) is 0 Å². The molecule has 100 valence electrons. The Balaban J connectivity index is 2.20. The zero-order chi connectivity index (χ0) is 13.8. The van der Waals surface area contributed by atoms with Crippen LogP contribution < -0.4 is 4.74 Å². The summed E-state index contributed by atoms with van der Waals surface area (Å²) in [7, 11) is 1.58. The van der Waals surface area contributed by atoms with Crippen molar-refractivity contribution in [3.8, 4) is 5.75 Å². The fraction of sp³-hybridized carbons (Fsp3) is 0.200. The molecule has 0 radical (unpaired) electrons. The summed E-state index contributed by atoms with van der Waals surface area (Å²) < 4.78 is 18.3. The Morgan fingerprint density at radius 3 is 2.79 bits per heavy atom. The number of rotatable bonds is 4. The van der Waals surface area contributed by atoms with Crippen molar-refractivity contribution in [3.05, 3.63) is 64.4 Å². The zero-order valence-electron chi connectivity index (χ0n) is 10.4. The number of aliphatic hydroxyl groups is 1. The monoisotopic (exact) mass is 280 g/mol. The van der Waals surface area contributed by atoms with Crippen LogP contribution >= 0.6 is 11.6 Å². The lowest BCUT2D eigenvalue weighted by atomic mass is 10.0. The van der Waals surface area contributed by atoms with Gasteiger partial charge in [-0.15, -0.1) is 0 Å². The van der Waals surface area contributed by atoms with Gasteiger partial charge >= 0.3 is 0 Å². The van der Waals surface area contributed by atoms with Crippen molar-refractivity contribution in [1.82, 2.24) is 0 Å². The molecule has 0 aromatic heterocycles. The first kappa shape index (κ1) is 13.8. The van der Waals surface area contributed by atoms with E-state index in [9.17, 15) is 9.50 Å². The fourth-order valence-corrected chi connectivity index (χ4v) is 2.15. The molecular weight excluding hydrogens is 267 g/mol. The molecule has 0 aliphatic rings. The number of benzene rings is 2. The summed E-state index contributed by atoms with van der Waals surface area (Å²) >= 11 is 5.96. The van der Waals surface area contributed by atoms with Gasteiger partial charge in [-0.3, -0.25) is 0 Å². The second kappa shape index (κ2) is 6.04. The number of methoxy groups -OCH3 is 1. The molecule has 1 unspecified atom stereocenters. The van der Waals surface area contributed by atoms with E-state index in [1.54, 1.807) is 7.11 Å². The minimum Gasteiger partial charge on any atom is -0.497 e. The molecule has 0 fully saturated rings. The van der Waals surface area contributed by atoms with Gasteiger partial charge in [-0.1, -0.05) is 23.7 Å². The third-order valence-electron chi connectivity index (χ3n) is 2.88. The van der Waals surface area contributed by atoms with Crippen molar-refractivity contribution < 1.29 is 14.2 Å². The molecule has 2 aromatic rings. The van der Waals surface area contributed by atoms with Crippen LogP contribution in [0.4, 0.5) is 4.39 Å². The Hall–Kier alpha value is -1.58. The highest BCUT2D eigenvalue weighted by atomic mass is 35.5. The van der Waals surface area contributed by atoms with Crippen molar-refractivity contribution in [2.24, 2.45) is 0 Å². The first-order chi connectivity index (χ1) is 9.10. The van der Waals surface area contributed by atoms with Crippen LogP contribution in [0.1, 0.15) is 17.2 Å². The highest BCUT2D eigenvalue weighted by Gasteiger charge is 2.13. The molecule has 2 aromatic carbocycles. The average Bonchev–Trinajstić information content (AvgIpc) is 2.41. The third-order valence-corrected chi connectivity index (χ3v) is 3.22. The predicted octanol–water partition coefficient (Wildman–Crippen LogP) is 3.76. The molecule has 19 heavy (non-hydrogen) atoms. The van der Waals surface area contributed by atoms with Crippen LogP contribution in [0, 0.1) is 5.82 Å². The molecule has 4 heteroatoms. The average molecular weight is 281 g/mol. The lowest BCUT2D eigenvalue weighted by Gasteiger charge is -2.13. The van der Waals surface area contributed by atoms with Gasteiger partial charge in [-0.05, 0) is 35.9 Å². The molecule has 0 aliphatic heterocycles. The van der Waals surface area contributed by atoms with Gasteiger partial charge in [0.15, 0.2) is 0 Å². The number of ether oxygens (including phenoxy) is 1. The minimum atomic E-state index is -0.852. The van der Waals surface area contributed by atoms with Gasteiger partial charge in [-0.25, -0.2) is 4.39 Å². The summed E-state index contributed by atoms with van der Waals surface area (Å²) in [6, 6.07) is 11.3. The first-order valence-electron chi connectivity index (χ1n) is 5.86. The van der Waals surface area contributed by atoms with Crippen LogP contribution in [-0.2, 0) is 6.42 Å². The van der Waals surface area contributed by atoms with E-state index >= 15 is 0 Å². The Morgan fingerprint density at radius 1 is 1.26 bits per heavy atom. The lowest BCUT2D eigenvalue weighted by molar-refractivity contribution is 0.178. The summed E-state index contributed by atoms with van der Waals surface area (Å²) in [6.45, 7) is 0. The molecule has 1 atom stereocenters. The Labute approximate surface area is 116 Å². The van der Waals surface area contributed by atoms with Gasteiger partial charge in [0.05, 0.1) is 13.2 Å². The van der Waals surface area contributed by atoms with Crippen LogP contribution in [0.25, 0.3) is 0 Å². The van der Waals surface area contributed by atoms with Gasteiger partial charge in [0.2, 0.25) is 0 Å². The SMILES string of the molecule is COc1cccc(CC(O)c2cc(F)ccc2Cl)c1. The van der Waals surface area contributed by atoms with Gasteiger partial charge in [0.1, 0.15) is 11.6 Å². The Kier molecular flexibility index (Phi) is 4.40. The topological polar surface area (TPSA) is 29.5 Å². The maximum atomic E-state index is 13.2. The van der Waals surface area contributed by atoms with Gasteiger partial charge < -0.3 is 9.84 Å². The van der Waals surface area contributed by atoms with Crippen LogP contribution in [-0.4, -0.2) is 12.2 Å². The Morgan fingerprint density at radius 2 is 2.05 bits per heavy atom. The molecule has 0 saturated heterocycles. The van der Waals surface area contributed by atoms with Crippen LogP contribution in [0.2, 0.25) is 5.02 Å². The van der Waals surface area contributed by atoms with E-state index in [1.165, 1.54) is 18.2 Å². The maximum Gasteiger partial charge on any atom is 0.123 e. The lowest BCUT2D eigenvalue weighted by Crippen LogP contribution is -2.03. The van der Waals surface area contributed by atoms with E-state index in [0.717, 1.165) is 11.3 Å². The van der Waals surface area contributed by atoms with Crippen LogP contribution in [0.5, 0.6) is 5.75 Å². The highest BCUT2D eigenvalue weighted by molar-refractivity contribution is 6.31. The van der Waals surface area contributed by atoms with E-state index in [1.807, 2.05) is 24.3 Å². The summed E-state index contributed by atoms with van der Waals surface area (Å²) in [5.41, 5.74) is 1.29. The van der Waals surface area contributed by atoms with Crippen molar-refractivity contribution in [1.29, 1.82) is 0 Å². The summed E-state index contributed by atoms with van der Waals surface area (Å²) in [4.78, 5) is 0. The smallest absolute Gasteiger partial charge is 0.123 e. The second-order valence-corrected chi connectivity index (χ2v) is 4.64. The maximum absolute atomic E-state index is 13.2. The molecule has 1 N–H and O–H groups in total. The fourth-order valence-electron chi connectivity index (χ4n) is 1.90. The molecule has 0 heterocycles. The summed E-state index contributed by atoms with van der Waals surface area (Å²) in [6.07, 6.45) is -0.504. The summed E-state index contributed by atoms with van der Waals surface area (Å²) in [5.74, 6) is 0.305. The molecule has 0 amide bonds. The van der Waals surface area contributed by atoms with Crippen molar-refractivity contribution in [2.75, 3.05) is 7.11 Å². The highest BCUT2D eigenvalue weighted by Crippen LogP contribution is 2.27. The normalized spacial score (nSPS) is 12.2. The molecule has 0 bridgehead atoms. The number of hydrogen-bond donors (Lipinski definition) is 1. The van der Waals surface area contributed by atoms with Gasteiger partial charge in [0.25, 0.3) is 0 Å². The van der Waals surface area contributed by atoms with E-state index in [4.69, 9.17) is 16.3 Å². The summed E-state index contributed by atoms with van der Waals surface area (Å²) in [5, 5.41) is 10.5. The quantitative estimate of drug-likeness (QED) is 0.924. The largest absolute Gasteiger partial charge is 0.497 e. The number of halogens is 2. The minimum absolute atomic E-state index is 0.348. The van der Waals surface area contributed by atoms with Crippen molar-refractivity contribution in [2.45, 2.75) is 12.5 Å². The van der Waals surface area contributed by atoms with E-state index < -0.39 is 11.9 Å². The molecule has 0 spiro atoms. The molecule has 0 aliphatic carbocycles. The zero-order valence-corrected chi connectivity index (χ0v) is 11.2. The second-order valence-electron chi connectivity index (χ2n) is 4.24. The van der Waals surface area contributed by atoms with E-state index in [-0.39, 0.29) is 0 Å². The Bertz CT molecular complexity index is 572. The molecule has 2 nitrogen and oxygen atoms in total. The van der Waals surface area contributed by atoms with Crippen molar-refractivity contribution >= 4 is 11.6 Å². The first-order valence-corrected chi connectivity index (χ1v) is 6.24. The van der Waals surface area contributed by atoms with Crippen LogP contribution in [0.3, 0.4) is 0 Å².